The third kappa shape index (κ3) is 5.16. The average molecular weight is 521 g/mol. The van der Waals surface area contributed by atoms with Crippen LogP contribution in [0.25, 0.3) is 0 Å². The van der Waals surface area contributed by atoms with Crippen molar-refractivity contribution in [2.45, 2.75) is 78.7 Å². The Balaban J connectivity index is 1.69. The topological polar surface area (TPSA) is 124 Å². The van der Waals surface area contributed by atoms with Gasteiger partial charge in [-0.3, -0.25) is 9.59 Å². The molecule has 0 aliphatic heterocycles. The summed E-state index contributed by atoms with van der Waals surface area (Å²) in [7, 11) is 0. The van der Waals surface area contributed by atoms with E-state index in [1.54, 1.807) is 6.20 Å². The van der Waals surface area contributed by atoms with E-state index in [4.69, 9.17) is 4.98 Å². The van der Waals surface area contributed by atoms with E-state index in [9.17, 15) is 19.8 Å². The van der Waals surface area contributed by atoms with Crippen molar-refractivity contribution >= 4 is 44.8 Å². The lowest BCUT2D eigenvalue weighted by molar-refractivity contribution is -0.143. The van der Waals surface area contributed by atoms with Gasteiger partial charge in [-0.25, -0.2) is 9.97 Å². The molecule has 0 bridgehead atoms. The van der Waals surface area contributed by atoms with Gasteiger partial charge in [0.2, 0.25) is 11.8 Å². The van der Waals surface area contributed by atoms with Crippen LogP contribution in [0.5, 0.6) is 0 Å². The first-order valence-corrected chi connectivity index (χ1v) is 13.8. The molecule has 2 aliphatic rings. The van der Waals surface area contributed by atoms with Crippen LogP contribution in [0.3, 0.4) is 0 Å². The molecule has 4 N–H and O–H groups in total. The Labute approximate surface area is 214 Å². The summed E-state index contributed by atoms with van der Waals surface area (Å²) >= 11 is 2.81. The van der Waals surface area contributed by atoms with E-state index in [1.807, 2.05) is 33.1 Å². The number of aliphatic hydroxyl groups excluding tert-OH is 2. The Hall–Kier alpha value is -1.88. The highest BCUT2D eigenvalue weighted by Crippen LogP contribution is 2.62. The smallest absolute Gasteiger partial charge is 0.226 e. The van der Waals surface area contributed by atoms with Gasteiger partial charge in [-0.15, -0.1) is 22.7 Å². The number of hydrogen-bond acceptors (Lipinski definition) is 8. The SMILES string of the molecule is CC(C)(C)CC(=O)Nc1nc2c(s1)CC1C(C)(CO)C(O)CCC1(C)C2CC(=O)Nc1nccs1. The first-order chi connectivity index (χ1) is 16.4. The van der Waals surface area contributed by atoms with Crippen molar-refractivity contribution < 1.29 is 19.8 Å². The van der Waals surface area contributed by atoms with Crippen LogP contribution in [-0.2, 0) is 16.0 Å². The fraction of sp³-hybridized carbons (Fsp3) is 0.680. The number of fused-ring (bicyclic) bond motifs is 2. The minimum Gasteiger partial charge on any atom is -0.396 e. The molecule has 8 nitrogen and oxygen atoms in total. The molecule has 2 aromatic heterocycles. The minimum absolute atomic E-state index is 0.0347. The van der Waals surface area contributed by atoms with Crippen LogP contribution in [0.4, 0.5) is 10.3 Å². The number of amides is 2. The van der Waals surface area contributed by atoms with Gasteiger partial charge >= 0.3 is 0 Å². The third-order valence-electron chi connectivity index (χ3n) is 7.90. The highest BCUT2D eigenvalue weighted by Gasteiger charge is 2.59. The van der Waals surface area contributed by atoms with E-state index in [-0.39, 0.29) is 47.5 Å². The minimum atomic E-state index is -0.686. The lowest BCUT2D eigenvalue weighted by Gasteiger charge is -2.58. The molecule has 2 aliphatic carbocycles. The summed E-state index contributed by atoms with van der Waals surface area (Å²) in [6.45, 7) is 10.0. The predicted octanol–water partition coefficient (Wildman–Crippen LogP) is 4.42. The van der Waals surface area contributed by atoms with Crippen LogP contribution in [-0.4, -0.2) is 44.7 Å². The summed E-state index contributed by atoms with van der Waals surface area (Å²) in [5.41, 5.74) is -0.316. The fourth-order valence-corrected chi connectivity index (χ4v) is 7.62. The zero-order chi connectivity index (χ0) is 25.6. The Morgan fingerprint density at radius 3 is 2.54 bits per heavy atom. The van der Waals surface area contributed by atoms with Crippen molar-refractivity contribution in [3.8, 4) is 0 Å². The van der Waals surface area contributed by atoms with E-state index < -0.39 is 11.5 Å². The number of thiazole rings is 2. The van der Waals surface area contributed by atoms with Gasteiger partial charge in [0.25, 0.3) is 0 Å². The van der Waals surface area contributed by atoms with Crippen molar-refractivity contribution in [1.82, 2.24) is 9.97 Å². The molecule has 5 unspecified atom stereocenters. The molecule has 192 valence electrons. The molecule has 2 amide bonds. The molecule has 1 fully saturated rings. The molecule has 10 heteroatoms. The number of anilines is 2. The second-order valence-corrected chi connectivity index (χ2v) is 13.7. The van der Waals surface area contributed by atoms with Gasteiger partial charge in [-0.1, -0.05) is 34.6 Å². The zero-order valence-corrected chi connectivity index (χ0v) is 22.7. The van der Waals surface area contributed by atoms with E-state index in [1.165, 1.54) is 22.7 Å². The van der Waals surface area contributed by atoms with E-state index >= 15 is 0 Å². The molecule has 35 heavy (non-hydrogen) atoms. The largest absolute Gasteiger partial charge is 0.396 e. The number of nitrogens with one attached hydrogen (secondary N) is 2. The summed E-state index contributed by atoms with van der Waals surface area (Å²) < 4.78 is 0. The predicted molar refractivity (Wildman–Crippen MR) is 139 cm³/mol. The van der Waals surface area contributed by atoms with Crippen molar-refractivity contribution in [3.63, 3.8) is 0 Å². The number of carbonyl (C=O) groups excluding carboxylic acids is 2. The molecule has 0 saturated heterocycles. The highest BCUT2D eigenvalue weighted by atomic mass is 32.1. The second kappa shape index (κ2) is 9.53. The van der Waals surface area contributed by atoms with Crippen LogP contribution in [0, 0.1) is 22.2 Å². The Bertz CT molecular complexity index is 1080. The van der Waals surface area contributed by atoms with Crippen LogP contribution >= 0.6 is 22.7 Å². The normalized spacial score (nSPS) is 30.3. The standard InChI is InChI=1S/C25H36N4O4S2/c1-23(2,3)12-19(33)28-22-29-20-14(10-18(32)27-21-26-8-9-34-21)24(4)7-6-17(31)25(5,13-30)16(24)11-15(20)35-22/h8-9,14,16-17,30-31H,6-7,10-13H2,1-5H3,(H,26,27,32)(H,28,29,33). The quantitative estimate of drug-likeness (QED) is 0.447. The van der Waals surface area contributed by atoms with E-state index in [2.05, 4.69) is 22.5 Å². The van der Waals surface area contributed by atoms with Crippen LogP contribution in [0.2, 0.25) is 0 Å². The Morgan fingerprint density at radius 2 is 1.91 bits per heavy atom. The van der Waals surface area contributed by atoms with Crippen molar-refractivity contribution in [3.05, 3.63) is 22.1 Å². The van der Waals surface area contributed by atoms with Crippen molar-refractivity contribution in [1.29, 1.82) is 0 Å². The number of carbonyl (C=O) groups is 2. The maximum Gasteiger partial charge on any atom is 0.226 e. The molecule has 1 saturated carbocycles. The van der Waals surface area contributed by atoms with Gasteiger partial charge in [0.05, 0.1) is 18.4 Å². The molecule has 0 aromatic carbocycles. The monoisotopic (exact) mass is 520 g/mol. The third-order valence-corrected chi connectivity index (χ3v) is 9.60. The van der Waals surface area contributed by atoms with E-state index in [0.29, 0.717) is 29.5 Å². The average Bonchev–Trinajstić information content (AvgIpc) is 3.40. The van der Waals surface area contributed by atoms with Gasteiger partial charge in [0.15, 0.2) is 10.3 Å². The highest BCUT2D eigenvalue weighted by molar-refractivity contribution is 7.16. The fourth-order valence-electron chi connectivity index (χ4n) is 5.99. The molecule has 2 aromatic rings. The van der Waals surface area contributed by atoms with E-state index in [0.717, 1.165) is 17.0 Å². The number of hydrogen-bond donors (Lipinski definition) is 4. The van der Waals surface area contributed by atoms with Crippen LogP contribution in [0.1, 0.15) is 76.8 Å². The lowest BCUT2D eigenvalue weighted by Crippen LogP contribution is -2.57. The van der Waals surface area contributed by atoms with Crippen LogP contribution < -0.4 is 10.6 Å². The zero-order valence-electron chi connectivity index (χ0n) is 21.1. The van der Waals surface area contributed by atoms with Gasteiger partial charge in [0, 0.05) is 40.6 Å². The molecule has 0 spiro atoms. The maximum absolute atomic E-state index is 13.1. The number of nitrogens with zero attached hydrogens (tertiary/aromatic N) is 2. The van der Waals surface area contributed by atoms with Gasteiger partial charge in [0.1, 0.15) is 0 Å². The molecule has 5 atom stereocenters. The summed E-state index contributed by atoms with van der Waals surface area (Å²) in [6.07, 6.45) is 3.57. The van der Waals surface area contributed by atoms with Crippen LogP contribution in [0.15, 0.2) is 11.6 Å². The maximum atomic E-state index is 13.1. The summed E-state index contributed by atoms with van der Waals surface area (Å²) in [5, 5.41) is 30.0. The molecular formula is C25H36N4O4S2. The van der Waals surface area contributed by atoms with Crippen molar-refractivity contribution in [2.24, 2.45) is 22.2 Å². The Morgan fingerprint density at radius 1 is 1.20 bits per heavy atom. The molecule has 2 heterocycles. The van der Waals surface area contributed by atoms with Gasteiger partial charge < -0.3 is 20.8 Å². The Kier molecular flexibility index (Phi) is 7.13. The molecular weight excluding hydrogens is 484 g/mol. The van der Waals surface area contributed by atoms with Crippen molar-refractivity contribution in [2.75, 3.05) is 17.2 Å². The summed E-state index contributed by atoms with van der Waals surface area (Å²) in [4.78, 5) is 35.7. The summed E-state index contributed by atoms with van der Waals surface area (Å²) in [5.74, 6) is -0.464. The number of rotatable bonds is 6. The molecule has 0 radical (unpaired) electrons. The lowest BCUT2D eigenvalue weighted by atomic mass is 9.47. The number of aliphatic hydroxyl groups is 2. The first kappa shape index (κ1) is 26.2. The van der Waals surface area contributed by atoms with Gasteiger partial charge in [-0.05, 0) is 36.0 Å². The van der Waals surface area contributed by atoms with Gasteiger partial charge in [-0.2, -0.15) is 0 Å². The molecule has 4 rings (SSSR count). The number of aromatic nitrogens is 2. The summed E-state index contributed by atoms with van der Waals surface area (Å²) in [6, 6.07) is 0. The second-order valence-electron chi connectivity index (χ2n) is 11.7. The first-order valence-electron chi connectivity index (χ1n) is 12.1.